The molecule has 0 unspecified atom stereocenters. The summed E-state index contributed by atoms with van der Waals surface area (Å²) in [5.41, 5.74) is 2.53. The van der Waals surface area contributed by atoms with Crippen LogP contribution in [-0.2, 0) is 6.54 Å². The molecule has 0 atom stereocenters. The van der Waals surface area contributed by atoms with Gasteiger partial charge in [-0.1, -0.05) is 67.5 Å². The molecule has 0 bridgehead atoms. The second kappa shape index (κ2) is 7.16. The molecular formula is C17H20ClNS. The van der Waals surface area contributed by atoms with E-state index in [2.05, 4.69) is 56.4 Å². The fraction of sp³-hybridized carbons (Fsp3) is 0.294. The van der Waals surface area contributed by atoms with Gasteiger partial charge in [-0.3, -0.25) is 0 Å². The summed E-state index contributed by atoms with van der Waals surface area (Å²) in [6.07, 6.45) is 0. The first-order chi connectivity index (χ1) is 9.58. The Balaban J connectivity index is 2.28. The SMILES string of the molecule is Cc1ccccc1Sc1c(Cl)cccc1CNC(C)C. The summed E-state index contributed by atoms with van der Waals surface area (Å²) in [6, 6.07) is 15.0. The van der Waals surface area contributed by atoms with E-state index in [1.54, 1.807) is 11.8 Å². The number of nitrogens with one attached hydrogen (secondary N) is 1. The first-order valence-corrected chi connectivity index (χ1v) is 8.01. The van der Waals surface area contributed by atoms with Crippen LogP contribution in [0.15, 0.2) is 52.3 Å². The Hall–Kier alpha value is -0.960. The Kier molecular flexibility index (Phi) is 5.53. The molecule has 0 saturated heterocycles. The van der Waals surface area contributed by atoms with E-state index in [0.717, 1.165) is 16.5 Å². The van der Waals surface area contributed by atoms with Gasteiger partial charge in [0, 0.05) is 22.4 Å². The minimum absolute atomic E-state index is 0.463. The molecule has 0 aliphatic carbocycles. The molecule has 20 heavy (non-hydrogen) atoms. The van der Waals surface area contributed by atoms with Gasteiger partial charge in [0.15, 0.2) is 0 Å². The van der Waals surface area contributed by atoms with Crippen LogP contribution in [0.4, 0.5) is 0 Å². The quantitative estimate of drug-likeness (QED) is 0.804. The van der Waals surface area contributed by atoms with Crippen LogP contribution in [0.5, 0.6) is 0 Å². The summed E-state index contributed by atoms with van der Waals surface area (Å²) in [4.78, 5) is 2.41. The van der Waals surface area contributed by atoms with Gasteiger partial charge >= 0.3 is 0 Å². The number of halogens is 1. The number of benzene rings is 2. The predicted octanol–water partition coefficient (Wildman–Crippen LogP) is 5.30. The molecule has 0 aliphatic heterocycles. The third-order valence-corrected chi connectivity index (χ3v) is 4.85. The second-order valence-corrected chi connectivity index (χ2v) is 6.59. The lowest BCUT2D eigenvalue weighted by Gasteiger charge is -2.14. The lowest BCUT2D eigenvalue weighted by Crippen LogP contribution is -2.22. The van der Waals surface area contributed by atoms with Gasteiger partial charge in [0.05, 0.1) is 5.02 Å². The third-order valence-electron chi connectivity index (χ3n) is 3.05. The molecular weight excluding hydrogens is 286 g/mol. The number of aryl methyl sites for hydroxylation is 1. The van der Waals surface area contributed by atoms with E-state index in [9.17, 15) is 0 Å². The summed E-state index contributed by atoms with van der Waals surface area (Å²) in [5.74, 6) is 0. The topological polar surface area (TPSA) is 12.0 Å². The van der Waals surface area contributed by atoms with Gasteiger partial charge < -0.3 is 5.32 Å². The van der Waals surface area contributed by atoms with Crippen molar-refractivity contribution in [3.63, 3.8) is 0 Å². The van der Waals surface area contributed by atoms with Crippen molar-refractivity contribution in [2.45, 2.75) is 43.1 Å². The second-order valence-electron chi connectivity index (χ2n) is 5.13. The average molecular weight is 306 g/mol. The van der Waals surface area contributed by atoms with Crippen LogP contribution in [-0.4, -0.2) is 6.04 Å². The van der Waals surface area contributed by atoms with E-state index >= 15 is 0 Å². The van der Waals surface area contributed by atoms with Gasteiger partial charge in [0.2, 0.25) is 0 Å². The lowest BCUT2D eigenvalue weighted by molar-refractivity contribution is 0.585. The summed E-state index contributed by atoms with van der Waals surface area (Å²) in [6.45, 7) is 7.27. The predicted molar refractivity (Wildman–Crippen MR) is 88.7 cm³/mol. The van der Waals surface area contributed by atoms with Crippen LogP contribution in [0, 0.1) is 6.92 Å². The zero-order valence-corrected chi connectivity index (χ0v) is 13.7. The van der Waals surface area contributed by atoms with E-state index in [4.69, 9.17) is 11.6 Å². The standard InChI is InChI=1S/C17H20ClNS/c1-12(2)19-11-14-8-6-9-15(18)17(14)20-16-10-5-4-7-13(16)3/h4-10,12,19H,11H2,1-3H3. The summed E-state index contributed by atoms with van der Waals surface area (Å²) >= 11 is 8.15. The molecule has 106 valence electrons. The van der Waals surface area contributed by atoms with E-state index < -0.39 is 0 Å². The minimum Gasteiger partial charge on any atom is -0.310 e. The Morgan fingerprint density at radius 1 is 1.10 bits per heavy atom. The highest BCUT2D eigenvalue weighted by Crippen LogP contribution is 2.37. The van der Waals surface area contributed by atoms with Crippen LogP contribution in [0.2, 0.25) is 5.02 Å². The zero-order chi connectivity index (χ0) is 14.5. The van der Waals surface area contributed by atoms with Crippen LogP contribution in [0.3, 0.4) is 0 Å². The van der Waals surface area contributed by atoms with Gasteiger partial charge in [-0.15, -0.1) is 0 Å². The van der Waals surface area contributed by atoms with Crippen molar-refractivity contribution in [3.05, 3.63) is 58.6 Å². The highest BCUT2D eigenvalue weighted by molar-refractivity contribution is 7.99. The number of hydrogen-bond acceptors (Lipinski definition) is 2. The van der Waals surface area contributed by atoms with Crippen molar-refractivity contribution in [2.75, 3.05) is 0 Å². The van der Waals surface area contributed by atoms with Gasteiger partial charge in [0.25, 0.3) is 0 Å². The summed E-state index contributed by atoms with van der Waals surface area (Å²) in [7, 11) is 0. The summed E-state index contributed by atoms with van der Waals surface area (Å²) in [5, 5.41) is 4.28. The Bertz CT molecular complexity index is 581. The smallest absolute Gasteiger partial charge is 0.0548 e. The molecule has 0 heterocycles. The number of rotatable bonds is 5. The molecule has 3 heteroatoms. The van der Waals surface area contributed by atoms with Gasteiger partial charge in [-0.05, 0) is 30.2 Å². The molecule has 0 spiro atoms. The Morgan fingerprint density at radius 3 is 2.55 bits per heavy atom. The van der Waals surface area contributed by atoms with Crippen molar-refractivity contribution in [3.8, 4) is 0 Å². The molecule has 2 aromatic rings. The first-order valence-electron chi connectivity index (χ1n) is 6.82. The summed E-state index contributed by atoms with van der Waals surface area (Å²) < 4.78 is 0. The van der Waals surface area contributed by atoms with Gasteiger partial charge in [-0.25, -0.2) is 0 Å². The largest absolute Gasteiger partial charge is 0.310 e. The van der Waals surface area contributed by atoms with Crippen LogP contribution in [0.1, 0.15) is 25.0 Å². The average Bonchev–Trinajstić information content (AvgIpc) is 2.41. The fourth-order valence-electron chi connectivity index (χ4n) is 1.90. The normalized spacial score (nSPS) is 11.1. The molecule has 2 aromatic carbocycles. The van der Waals surface area contributed by atoms with Crippen molar-refractivity contribution in [1.29, 1.82) is 0 Å². The molecule has 0 aliphatic rings. The van der Waals surface area contributed by atoms with E-state index in [-0.39, 0.29) is 0 Å². The maximum absolute atomic E-state index is 6.40. The fourth-order valence-corrected chi connectivity index (χ4v) is 3.24. The minimum atomic E-state index is 0.463. The molecule has 0 radical (unpaired) electrons. The van der Waals surface area contributed by atoms with E-state index in [1.165, 1.54) is 16.0 Å². The molecule has 0 fully saturated rings. The molecule has 1 nitrogen and oxygen atoms in total. The van der Waals surface area contributed by atoms with E-state index in [0.29, 0.717) is 6.04 Å². The first kappa shape index (κ1) is 15.4. The monoisotopic (exact) mass is 305 g/mol. The molecule has 1 N–H and O–H groups in total. The Labute approximate surface area is 130 Å². The zero-order valence-electron chi connectivity index (χ0n) is 12.1. The highest BCUT2D eigenvalue weighted by Gasteiger charge is 2.10. The lowest BCUT2D eigenvalue weighted by atomic mass is 10.2. The van der Waals surface area contributed by atoms with Crippen molar-refractivity contribution < 1.29 is 0 Å². The van der Waals surface area contributed by atoms with Gasteiger partial charge in [0.1, 0.15) is 0 Å². The van der Waals surface area contributed by atoms with Crippen LogP contribution < -0.4 is 5.32 Å². The van der Waals surface area contributed by atoms with Gasteiger partial charge in [-0.2, -0.15) is 0 Å². The molecule has 0 saturated carbocycles. The molecule has 2 rings (SSSR count). The number of hydrogen-bond donors (Lipinski definition) is 1. The maximum Gasteiger partial charge on any atom is 0.0548 e. The van der Waals surface area contributed by atoms with Crippen molar-refractivity contribution in [1.82, 2.24) is 5.32 Å². The van der Waals surface area contributed by atoms with E-state index in [1.807, 2.05) is 12.1 Å². The Morgan fingerprint density at radius 2 is 1.85 bits per heavy atom. The van der Waals surface area contributed by atoms with Crippen molar-refractivity contribution >= 4 is 23.4 Å². The van der Waals surface area contributed by atoms with Crippen molar-refractivity contribution in [2.24, 2.45) is 0 Å². The molecule has 0 aromatic heterocycles. The third kappa shape index (κ3) is 4.02. The van der Waals surface area contributed by atoms with Crippen LogP contribution >= 0.6 is 23.4 Å². The highest BCUT2D eigenvalue weighted by atomic mass is 35.5. The molecule has 0 amide bonds. The maximum atomic E-state index is 6.40. The van der Waals surface area contributed by atoms with Crippen LogP contribution in [0.25, 0.3) is 0 Å².